The van der Waals surface area contributed by atoms with Crippen molar-refractivity contribution < 1.29 is 4.74 Å². The summed E-state index contributed by atoms with van der Waals surface area (Å²) in [6, 6.07) is 1.92. The standard InChI is InChI=1S/C15H25ClN2O/c1-6-15(4,5)19-14-13(16)7-12(10-18-14)9-17-8-11(2)3/h7,10-11,17H,6,8-9H2,1-5H3. The Balaban J connectivity index is 2.64. The lowest BCUT2D eigenvalue weighted by atomic mass is 10.1. The Morgan fingerprint density at radius 1 is 1.42 bits per heavy atom. The molecule has 0 fully saturated rings. The van der Waals surface area contributed by atoms with E-state index in [-0.39, 0.29) is 5.60 Å². The molecule has 0 radical (unpaired) electrons. The summed E-state index contributed by atoms with van der Waals surface area (Å²) in [5.74, 6) is 1.15. The second-order valence-corrected chi connectivity index (χ2v) is 6.28. The third-order valence-corrected chi connectivity index (χ3v) is 3.24. The predicted molar refractivity (Wildman–Crippen MR) is 80.8 cm³/mol. The molecule has 0 atom stereocenters. The minimum absolute atomic E-state index is 0.242. The van der Waals surface area contributed by atoms with Gasteiger partial charge >= 0.3 is 0 Å². The minimum Gasteiger partial charge on any atom is -0.471 e. The van der Waals surface area contributed by atoms with E-state index in [2.05, 4.69) is 31.1 Å². The van der Waals surface area contributed by atoms with E-state index in [0.717, 1.165) is 25.1 Å². The number of hydrogen-bond donors (Lipinski definition) is 1. The lowest BCUT2D eigenvalue weighted by molar-refractivity contribution is 0.0991. The molecule has 0 aromatic carbocycles. The zero-order chi connectivity index (χ0) is 14.5. The molecule has 0 unspecified atom stereocenters. The number of ether oxygens (including phenoxy) is 1. The van der Waals surface area contributed by atoms with Crippen molar-refractivity contribution in [2.24, 2.45) is 5.92 Å². The fraction of sp³-hybridized carbons (Fsp3) is 0.667. The maximum absolute atomic E-state index is 6.22. The molecule has 1 N–H and O–H groups in total. The van der Waals surface area contributed by atoms with Gasteiger partial charge in [-0.15, -0.1) is 0 Å². The van der Waals surface area contributed by atoms with E-state index >= 15 is 0 Å². The Kier molecular flexibility index (Phi) is 6.08. The first-order valence-corrected chi connectivity index (χ1v) is 7.26. The van der Waals surface area contributed by atoms with Crippen molar-refractivity contribution in [1.82, 2.24) is 10.3 Å². The summed E-state index contributed by atoms with van der Waals surface area (Å²) >= 11 is 6.22. The third kappa shape index (κ3) is 5.79. The fourth-order valence-electron chi connectivity index (χ4n) is 1.48. The van der Waals surface area contributed by atoms with Gasteiger partial charge in [0.25, 0.3) is 0 Å². The molecule has 108 valence electrons. The Labute approximate surface area is 121 Å². The molecule has 1 aromatic rings. The molecule has 0 amide bonds. The molecule has 0 aliphatic rings. The highest BCUT2D eigenvalue weighted by Gasteiger charge is 2.19. The number of aromatic nitrogens is 1. The van der Waals surface area contributed by atoms with E-state index in [4.69, 9.17) is 16.3 Å². The number of pyridine rings is 1. The van der Waals surface area contributed by atoms with Gasteiger partial charge < -0.3 is 10.1 Å². The van der Waals surface area contributed by atoms with Gasteiger partial charge in [-0.1, -0.05) is 32.4 Å². The monoisotopic (exact) mass is 284 g/mol. The average molecular weight is 285 g/mol. The van der Waals surface area contributed by atoms with E-state index in [9.17, 15) is 0 Å². The number of nitrogens with zero attached hydrogens (tertiary/aromatic N) is 1. The van der Waals surface area contributed by atoms with Crippen LogP contribution >= 0.6 is 11.6 Å². The number of halogens is 1. The molecule has 19 heavy (non-hydrogen) atoms. The van der Waals surface area contributed by atoms with Crippen LogP contribution in [0.4, 0.5) is 0 Å². The van der Waals surface area contributed by atoms with E-state index in [0.29, 0.717) is 16.8 Å². The van der Waals surface area contributed by atoms with Crippen LogP contribution in [0.1, 0.15) is 46.6 Å². The highest BCUT2D eigenvalue weighted by molar-refractivity contribution is 6.31. The summed E-state index contributed by atoms with van der Waals surface area (Å²) in [5.41, 5.74) is 0.834. The molecule has 0 aliphatic heterocycles. The van der Waals surface area contributed by atoms with Gasteiger partial charge in [-0.3, -0.25) is 0 Å². The van der Waals surface area contributed by atoms with Gasteiger partial charge in [0.05, 0.1) is 0 Å². The van der Waals surface area contributed by atoms with E-state index in [1.54, 1.807) is 0 Å². The Hall–Kier alpha value is -0.800. The lowest BCUT2D eigenvalue weighted by Crippen LogP contribution is -2.27. The molecule has 1 rings (SSSR count). The van der Waals surface area contributed by atoms with Gasteiger partial charge in [0.2, 0.25) is 5.88 Å². The van der Waals surface area contributed by atoms with Crippen LogP contribution in [-0.4, -0.2) is 17.1 Å². The first kappa shape index (κ1) is 16.3. The first-order chi connectivity index (χ1) is 8.84. The first-order valence-electron chi connectivity index (χ1n) is 6.88. The van der Waals surface area contributed by atoms with Crippen LogP contribution in [0.3, 0.4) is 0 Å². The summed E-state index contributed by atoms with van der Waals surface area (Å²) in [6.07, 6.45) is 2.73. The smallest absolute Gasteiger partial charge is 0.233 e. The summed E-state index contributed by atoms with van der Waals surface area (Å²) in [6.45, 7) is 12.3. The van der Waals surface area contributed by atoms with Gasteiger partial charge in [0.15, 0.2) is 0 Å². The molecule has 0 bridgehead atoms. The Morgan fingerprint density at radius 3 is 2.63 bits per heavy atom. The molecule has 0 spiro atoms. The largest absolute Gasteiger partial charge is 0.471 e. The van der Waals surface area contributed by atoms with Gasteiger partial charge in [0.1, 0.15) is 10.6 Å². The van der Waals surface area contributed by atoms with E-state index < -0.39 is 0 Å². The number of hydrogen-bond acceptors (Lipinski definition) is 3. The molecule has 1 aromatic heterocycles. The molecule has 4 heteroatoms. The Bertz CT molecular complexity index is 405. The van der Waals surface area contributed by atoms with E-state index in [1.165, 1.54) is 0 Å². The van der Waals surface area contributed by atoms with Crippen LogP contribution in [0, 0.1) is 5.92 Å². The molecule has 0 aliphatic carbocycles. The van der Waals surface area contributed by atoms with E-state index in [1.807, 2.05) is 26.1 Å². The second kappa shape index (κ2) is 7.11. The molecule has 0 saturated heterocycles. The molecular formula is C15H25ClN2O. The fourth-order valence-corrected chi connectivity index (χ4v) is 1.70. The number of rotatable bonds is 7. The summed E-state index contributed by atoms with van der Waals surface area (Å²) < 4.78 is 5.82. The highest BCUT2D eigenvalue weighted by atomic mass is 35.5. The van der Waals surface area contributed by atoms with Crippen molar-refractivity contribution in [2.45, 2.75) is 53.2 Å². The van der Waals surface area contributed by atoms with Crippen LogP contribution in [0.2, 0.25) is 5.02 Å². The predicted octanol–water partition coefficient (Wildman–Crippen LogP) is 4.05. The lowest BCUT2D eigenvalue weighted by Gasteiger charge is -2.24. The van der Waals surface area contributed by atoms with Crippen molar-refractivity contribution in [3.8, 4) is 5.88 Å². The van der Waals surface area contributed by atoms with Gasteiger partial charge in [0, 0.05) is 12.7 Å². The van der Waals surface area contributed by atoms with Crippen molar-refractivity contribution in [1.29, 1.82) is 0 Å². The quantitative estimate of drug-likeness (QED) is 0.820. The van der Waals surface area contributed by atoms with Crippen LogP contribution in [0.5, 0.6) is 5.88 Å². The maximum Gasteiger partial charge on any atom is 0.233 e. The summed E-state index contributed by atoms with van der Waals surface area (Å²) in [7, 11) is 0. The summed E-state index contributed by atoms with van der Waals surface area (Å²) in [5, 5.41) is 3.94. The van der Waals surface area contributed by atoms with Gasteiger partial charge in [-0.25, -0.2) is 4.98 Å². The Morgan fingerprint density at radius 2 is 2.11 bits per heavy atom. The topological polar surface area (TPSA) is 34.1 Å². The van der Waals surface area contributed by atoms with Crippen molar-refractivity contribution in [3.05, 3.63) is 22.8 Å². The van der Waals surface area contributed by atoms with Gasteiger partial charge in [-0.2, -0.15) is 0 Å². The SMILES string of the molecule is CCC(C)(C)Oc1ncc(CNCC(C)C)cc1Cl. The van der Waals surface area contributed by atoms with Crippen LogP contribution in [-0.2, 0) is 6.54 Å². The zero-order valence-electron chi connectivity index (χ0n) is 12.6. The zero-order valence-corrected chi connectivity index (χ0v) is 13.3. The van der Waals surface area contributed by atoms with Gasteiger partial charge in [-0.05, 0) is 44.4 Å². The van der Waals surface area contributed by atoms with Crippen molar-refractivity contribution in [2.75, 3.05) is 6.54 Å². The third-order valence-electron chi connectivity index (χ3n) is 2.97. The minimum atomic E-state index is -0.242. The molecule has 3 nitrogen and oxygen atoms in total. The number of nitrogens with one attached hydrogen (secondary N) is 1. The second-order valence-electron chi connectivity index (χ2n) is 5.87. The van der Waals surface area contributed by atoms with Crippen molar-refractivity contribution >= 4 is 11.6 Å². The van der Waals surface area contributed by atoms with Crippen LogP contribution in [0.25, 0.3) is 0 Å². The van der Waals surface area contributed by atoms with Crippen LogP contribution < -0.4 is 10.1 Å². The average Bonchev–Trinajstić information content (AvgIpc) is 2.32. The normalized spacial score (nSPS) is 11.9. The molecule has 1 heterocycles. The molecular weight excluding hydrogens is 260 g/mol. The van der Waals surface area contributed by atoms with Crippen molar-refractivity contribution in [3.63, 3.8) is 0 Å². The highest BCUT2D eigenvalue weighted by Crippen LogP contribution is 2.27. The molecule has 0 saturated carbocycles. The maximum atomic E-state index is 6.22. The van der Waals surface area contributed by atoms with Crippen LogP contribution in [0.15, 0.2) is 12.3 Å². The summed E-state index contributed by atoms with van der Waals surface area (Å²) in [4.78, 5) is 4.31.